The van der Waals surface area contributed by atoms with Crippen molar-refractivity contribution in [1.29, 1.82) is 0 Å². The number of hydrogen-bond donors (Lipinski definition) is 1. The average Bonchev–Trinajstić information content (AvgIpc) is 2.89. The number of benzene rings is 3. The van der Waals surface area contributed by atoms with E-state index in [-0.39, 0.29) is 5.41 Å². The van der Waals surface area contributed by atoms with E-state index in [0.717, 1.165) is 42.1 Å². The maximum Gasteiger partial charge on any atom is 0.335 e. The van der Waals surface area contributed by atoms with Crippen LogP contribution in [0.25, 0.3) is 21.9 Å². The number of carbonyl (C=O) groups is 1. The number of rotatable bonds is 10. The Morgan fingerprint density at radius 2 is 1.57 bits per heavy atom. The number of ether oxygens (including phenoxy) is 1. The molecule has 0 saturated heterocycles. The van der Waals surface area contributed by atoms with Crippen LogP contribution in [0.5, 0.6) is 5.75 Å². The first-order valence-electron chi connectivity index (χ1n) is 14.6. The molecule has 194 valence electrons. The quantitative estimate of drug-likeness (QED) is 0.285. The molecule has 0 amide bonds. The molecule has 0 heterocycles. The lowest BCUT2D eigenvalue weighted by atomic mass is 9.48. The summed E-state index contributed by atoms with van der Waals surface area (Å²) in [4.78, 5) is 11.4. The van der Waals surface area contributed by atoms with Gasteiger partial charge in [0.1, 0.15) is 5.75 Å². The van der Waals surface area contributed by atoms with E-state index in [0.29, 0.717) is 5.56 Å². The number of carboxylic acid groups (broad SMARTS) is 1. The monoisotopic (exact) mass is 496 g/mol. The highest BCUT2D eigenvalue weighted by Gasteiger charge is 2.52. The fourth-order valence-electron chi connectivity index (χ4n) is 8.21. The molecule has 4 aliphatic carbocycles. The molecular formula is C34H40O3. The molecule has 0 atom stereocenters. The minimum absolute atomic E-state index is 0.251. The maximum absolute atomic E-state index is 11.4. The highest BCUT2D eigenvalue weighted by atomic mass is 16.5. The molecule has 4 bridgehead atoms. The van der Waals surface area contributed by atoms with Gasteiger partial charge in [0.25, 0.3) is 0 Å². The standard InChI is InChI=1S/C34H40O3/c1-2-3-4-5-6-14-37-32-18-28-8-7-9-29(26-10-12-27(13-11-26)33(35)36)30(28)19-31(32)34-20-23-15-24(21-34)17-25(16-23)22-34/h7-13,18-19,23-25H,2-6,14-17,20-22H2,1H3,(H,35,36). The molecule has 4 aliphatic rings. The molecule has 1 N–H and O–H groups in total. The van der Waals surface area contributed by atoms with Gasteiger partial charge in [-0.3, -0.25) is 0 Å². The molecule has 3 aromatic rings. The van der Waals surface area contributed by atoms with Gasteiger partial charge in [-0.1, -0.05) is 62.9 Å². The minimum atomic E-state index is -0.884. The molecule has 3 heteroatoms. The Morgan fingerprint density at radius 3 is 2.22 bits per heavy atom. The second-order valence-electron chi connectivity index (χ2n) is 12.2. The molecule has 7 rings (SSSR count). The van der Waals surface area contributed by atoms with Gasteiger partial charge in [-0.25, -0.2) is 4.79 Å². The van der Waals surface area contributed by atoms with Crippen molar-refractivity contribution in [2.45, 2.75) is 83.0 Å². The summed E-state index contributed by atoms with van der Waals surface area (Å²) in [5.41, 5.74) is 4.26. The van der Waals surface area contributed by atoms with E-state index in [1.54, 1.807) is 12.1 Å². The summed E-state index contributed by atoms with van der Waals surface area (Å²) in [5, 5.41) is 11.8. The number of unbranched alkanes of at least 4 members (excludes halogenated alkanes) is 4. The van der Waals surface area contributed by atoms with Crippen LogP contribution in [0, 0.1) is 17.8 Å². The third-order valence-corrected chi connectivity index (χ3v) is 9.54. The first kappa shape index (κ1) is 24.5. The SMILES string of the molecule is CCCCCCCOc1cc2cccc(-c3ccc(C(=O)O)cc3)c2cc1C12CC3CC(CC(C3)C1)C2. The van der Waals surface area contributed by atoms with Crippen molar-refractivity contribution in [1.82, 2.24) is 0 Å². The van der Waals surface area contributed by atoms with Gasteiger partial charge in [-0.2, -0.15) is 0 Å². The molecule has 0 spiro atoms. The molecule has 0 radical (unpaired) electrons. The maximum atomic E-state index is 11.4. The molecule has 0 aliphatic heterocycles. The van der Waals surface area contributed by atoms with Gasteiger partial charge in [-0.05, 0) is 114 Å². The third-order valence-electron chi connectivity index (χ3n) is 9.54. The van der Waals surface area contributed by atoms with E-state index < -0.39 is 5.97 Å². The van der Waals surface area contributed by atoms with Crippen LogP contribution < -0.4 is 4.74 Å². The second-order valence-corrected chi connectivity index (χ2v) is 12.2. The van der Waals surface area contributed by atoms with Gasteiger partial charge < -0.3 is 9.84 Å². The highest BCUT2D eigenvalue weighted by Crippen LogP contribution is 2.62. The van der Waals surface area contributed by atoms with Crippen molar-refractivity contribution in [2.75, 3.05) is 6.61 Å². The Labute approximate surface area is 221 Å². The Bertz CT molecular complexity index is 1240. The smallest absolute Gasteiger partial charge is 0.335 e. The molecule has 3 aromatic carbocycles. The Hall–Kier alpha value is -2.81. The number of fused-ring (bicyclic) bond motifs is 1. The largest absolute Gasteiger partial charge is 0.493 e. The zero-order chi connectivity index (χ0) is 25.4. The van der Waals surface area contributed by atoms with Crippen molar-refractivity contribution in [2.24, 2.45) is 17.8 Å². The molecular weight excluding hydrogens is 456 g/mol. The summed E-state index contributed by atoms with van der Waals surface area (Å²) in [6, 6.07) is 18.6. The van der Waals surface area contributed by atoms with Crippen molar-refractivity contribution >= 4 is 16.7 Å². The summed E-state index contributed by atoms with van der Waals surface area (Å²) in [6.07, 6.45) is 14.5. The van der Waals surface area contributed by atoms with Gasteiger partial charge in [0.15, 0.2) is 0 Å². The van der Waals surface area contributed by atoms with Crippen LogP contribution in [0.15, 0.2) is 54.6 Å². The van der Waals surface area contributed by atoms with Crippen LogP contribution >= 0.6 is 0 Å². The first-order valence-corrected chi connectivity index (χ1v) is 14.6. The number of carboxylic acids is 1. The van der Waals surface area contributed by atoms with Crippen molar-refractivity contribution in [3.05, 3.63) is 65.7 Å². The lowest BCUT2D eigenvalue weighted by molar-refractivity contribution is -0.00633. The zero-order valence-electron chi connectivity index (χ0n) is 22.2. The summed E-state index contributed by atoms with van der Waals surface area (Å²) >= 11 is 0. The van der Waals surface area contributed by atoms with Gasteiger partial charge >= 0.3 is 5.97 Å². The number of hydrogen-bond acceptors (Lipinski definition) is 2. The molecule has 4 saturated carbocycles. The van der Waals surface area contributed by atoms with Crippen molar-refractivity contribution < 1.29 is 14.6 Å². The van der Waals surface area contributed by atoms with Crippen LogP contribution in [-0.4, -0.2) is 17.7 Å². The van der Waals surface area contributed by atoms with Crippen molar-refractivity contribution in [3.8, 4) is 16.9 Å². The molecule has 0 aromatic heterocycles. The second kappa shape index (κ2) is 10.2. The third kappa shape index (κ3) is 4.78. The van der Waals surface area contributed by atoms with Gasteiger partial charge in [-0.15, -0.1) is 0 Å². The van der Waals surface area contributed by atoms with E-state index >= 15 is 0 Å². The van der Waals surface area contributed by atoms with Crippen LogP contribution in [0.2, 0.25) is 0 Å². The van der Waals surface area contributed by atoms with Crippen LogP contribution in [0.4, 0.5) is 0 Å². The van der Waals surface area contributed by atoms with Crippen LogP contribution in [-0.2, 0) is 5.41 Å². The highest BCUT2D eigenvalue weighted by molar-refractivity contribution is 5.98. The molecule has 4 fully saturated rings. The van der Waals surface area contributed by atoms with E-state index in [1.165, 1.54) is 86.1 Å². The topological polar surface area (TPSA) is 46.5 Å². The van der Waals surface area contributed by atoms with Crippen molar-refractivity contribution in [3.63, 3.8) is 0 Å². The minimum Gasteiger partial charge on any atom is -0.493 e. The van der Waals surface area contributed by atoms with Gasteiger partial charge in [0.2, 0.25) is 0 Å². The lowest BCUT2D eigenvalue weighted by Crippen LogP contribution is -2.48. The van der Waals surface area contributed by atoms with Gasteiger partial charge in [0, 0.05) is 5.56 Å². The van der Waals surface area contributed by atoms with E-state index in [2.05, 4.69) is 37.3 Å². The van der Waals surface area contributed by atoms with E-state index in [9.17, 15) is 9.90 Å². The van der Waals surface area contributed by atoms with Crippen LogP contribution in [0.1, 0.15) is 93.5 Å². The van der Waals surface area contributed by atoms with E-state index in [4.69, 9.17) is 4.74 Å². The Kier molecular flexibility index (Phi) is 6.73. The van der Waals surface area contributed by atoms with E-state index in [1.807, 2.05) is 12.1 Å². The fraction of sp³-hybridized carbons (Fsp3) is 0.500. The molecule has 0 unspecified atom stereocenters. The predicted molar refractivity (Wildman–Crippen MR) is 150 cm³/mol. The summed E-state index contributed by atoms with van der Waals surface area (Å²) < 4.78 is 6.64. The first-order chi connectivity index (χ1) is 18.0. The Balaban J connectivity index is 1.40. The zero-order valence-corrected chi connectivity index (χ0v) is 22.2. The van der Waals surface area contributed by atoms with Crippen LogP contribution in [0.3, 0.4) is 0 Å². The van der Waals surface area contributed by atoms with Gasteiger partial charge in [0.05, 0.1) is 12.2 Å². The fourth-order valence-corrected chi connectivity index (χ4v) is 8.21. The molecule has 37 heavy (non-hydrogen) atoms. The number of aromatic carboxylic acids is 1. The summed E-state index contributed by atoms with van der Waals surface area (Å²) in [7, 11) is 0. The lowest BCUT2D eigenvalue weighted by Gasteiger charge is -2.57. The normalized spacial score (nSPS) is 26.0. The average molecular weight is 497 g/mol. The Morgan fingerprint density at radius 1 is 0.892 bits per heavy atom. The predicted octanol–water partition coefficient (Wildman–Crippen LogP) is 9.02. The molecule has 3 nitrogen and oxygen atoms in total. The summed E-state index contributed by atoms with van der Waals surface area (Å²) in [6.45, 7) is 3.06. The summed E-state index contributed by atoms with van der Waals surface area (Å²) in [5.74, 6) is 2.86.